The van der Waals surface area contributed by atoms with E-state index < -0.39 is 0 Å². The first-order valence-electron chi connectivity index (χ1n) is 5.35. The molecule has 1 N–H and O–H groups in total. The lowest BCUT2D eigenvalue weighted by atomic mass is 10.2. The Morgan fingerprint density at radius 2 is 2.00 bits per heavy atom. The highest BCUT2D eigenvalue weighted by Crippen LogP contribution is 2.27. The smallest absolute Gasteiger partial charge is 0.142 e. The molecular weight excluding hydrogens is 230 g/mol. The average Bonchev–Trinajstić information content (AvgIpc) is 2.81. The number of aryl methyl sites for hydroxylation is 1. The van der Waals surface area contributed by atoms with Gasteiger partial charge in [0, 0.05) is 5.69 Å². The van der Waals surface area contributed by atoms with Crippen LogP contribution in [0.5, 0.6) is 0 Å². The number of para-hydroxylation sites is 1. The van der Waals surface area contributed by atoms with Gasteiger partial charge in [0.2, 0.25) is 0 Å². The maximum atomic E-state index is 4.30. The van der Waals surface area contributed by atoms with Crippen molar-refractivity contribution in [3.8, 4) is 0 Å². The van der Waals surface area contributed by atoms with Gasteiger partial charge in [-0.25, -0.2) is 9.97 Å². The van der Waals surface area contributed by atoms with Gasteiger partial charge < -0.3 is 5.32 Å². The molecule has 3 aromatic rings. The molecule has 2 heterocycles. The van der Waals surface area contributed by atoms with Crippen LogP contribution in [0, 0.1) is 6.92 Å². The lowest BCUT2D eigenvalue weighted by Gasteiger charge is -2.08. The topological polar surface area (TPSA) is 37.8 Å². The van der Waals surface area contributed by atoms with E-state index in [1.807, 2.05) is 23.6 Å². The summed E-state index contributed by atoms with van der Waals surface area (Å²) in [5, 5.41) is 6.46. The summed E-state index contributed by atoms with van der Waals surface area (Å²) in [6.07, 6.45) is 1.60. The Hall–Kier alpha value is -1.94. The molecule has 0 fully saturated rings. The van der Waals surface area contributed by atoms with Gasteiger partial charge in [-0.15, -0.1) is 11.3 Å². The van der Waals surface area contributed by atoms with Crippen LogP contribution < -0.4 is 5.32 Å². The molecule has 0 unspecified atom stereocenters. The predicted molar refractivity (Wildman–Crippen MR) is 71.9 cm³/mol. The van der Waals surface area contributed by atoms with Gasteiger partial charge >= 0.3 is 0 Å². The molecule has 0 radical (unpaired) electrons. The molecule has 0 aliphatic rings. The SMILES string of the molecule is Cc1ccccc1Nc1ncnc2sccc12. The van der Waals surface area contributed by atoms with Gasteiger partial charge in [0.1, 0.15) is 17.0 Å². The second-order valence-electron chi connectivity index (χ2n) is 3.80. The van der Waals surface area contributed by atoms with E-state index in [1.54, 1.807) is 17.7 Å². The van der Waals surface area contributed by atoms with Gasteiger partial charge in [0.05, 0.1) is 5.39 Å². The number of nitrogens with zero attached hydrogens (tertiary/aromatic N) is 2. The molecule has 0 spiro atoms. The molecule has 4 heteroatoms. The minimum absolute atomic E-state index is 0.866. The summed E-state index contributed by atoms with van der Waals surface area (Å²) in [4.78, 5) is 9.54. The molecule has 0 amide bonds. The largest absolute Gasteiger partial charge is 0.339 e. The highest BCUT2D eigenvalue weighted by Gasteiger charge is 2.05. The summed E-state index contributed by atoms with van der Waals surface area (Å²) < 4.78 is 0. The van der Waals surface area contributed by atoms with E-state index in [-0.39, 0.29) is 0 Å². The first-order chi connectivity index (χ1) is 8.34. The lowest BCUT2D eigenvalue weighted by molar-refractivity contribution is 1.23. The summed E-state index contributed by atoms with van der Waals surface area (Å²) in [6, 6.07) is 10.2. The molecular formula is C13H11N3S. The lowest BCUT2D eigenvalue weighted by Crippen LogP contribution is -1.96. The monoisotopic (exact) mass is 241 g/mol. The van der Waals surface area contributed by atoms with Crippen LogP contribution in [0.1, 0.15) is 5.56 Å². The van der Waals surface area contributed by atoms with Crippen molar-refractivity contribution in [1.82, 2.24) is 9.97 Å². The number of hydrogen-bond acceptors (Lipinski definition) is 4. The fraction of sp³-hybridized carbons (Fsp3) is 0.0769. The van der Waals surface area contributed by atoms with E-state index in [1.165, 1.54) is 5.56 Å². The fourth-order valence-electron chi connectivity index (χ4n) is 1.73. The Bertz CT molecular complexity index is 660. The van der Waals surface area contributed by atoms with E-state index in [4.69, 9.17) is 0 Å². The summed E-state index contributed by atoms with van der Waals surface area (Å²) in [5.41, 5.74) is 2.29. The van der Waals surface area contributed by atoms with Crippen LogP contribution >= 0.6 is 11.3 Å². The first kappa shape index (κ1) is 10.2. The van der Waals surface area contributed by atoms with Gasteiger partial charge in [-0.1, -0.05) is 18.2 Å². The molecule has 17 heavy (non-hydrogen) atoms. The number of anilines is 2. The van der Waals surface area contributed by atoms with Crippen molar-refractivity contribution in [2.75, 3.05) is 5.32 Å². The molecule has 0 aliphatic heterocycles. The van der Waals surface area contributed by atoms with Crippen LogP contribution in [-0.2, 0) is 0 Å². The van der Waals surface area contributed by atoms with Crippen LogP contribution in [-0.4, -0.2) is 9.97 Å². The summed E-state index contributed by atoms with van der Waals surface area (Å²) in [7, 11) is 0. The zero-order valence-electron chi connectivity index (χ0n) is 9.34. The van der Waals surface area contributed by atoms with E-state index in [0.717, 1.165) is 21.7 Å². The van der Waals surface area contributed by atoms with Crippen molar-refractivity contribution in [2.45, 2.75) is 6.92 Å². The predicted octanol–water partition coefficient (Wildman–Crippen LogP) is 3.74. The Morgan fingerprint density at radius 3 is 2.88 bits per heavy atom. The quantitative estimate of drug-likeness (QED) is 0.742. The maximum absolute atomic E-state index is 4.30. The highest BCUT2D eigenvalue weighted by molar-refractivity contribution is 7.16. The van der Waals surface area contributed by atoms with Crippen LogP contribution in [0.15, 0.2) is 42.0 Å². The molecule has 2 aromatic heterocycles. The van der Waals surface area contributed by atoms with Crippen molar-refractivity contribution < 1.29 is 0 Å². The number of thiophene rings is 1. The fourth-order valence-corrected chi connectivity index (χ4v) is 2.46. The molecule has 0 saturated carbocycles. The van der Waals surface area contributed by atoms with Crippen LogP contribution in [0.25, 0.3) is 10.2 Å². The van der Waals surface area contributed by atoms with Gasteiger partial charge in [-0.3, -0.25) is 0 Å². The van der Waals surface area contributed by atoms with Crippen molar-refractivity contribution >= 4 is 33.1 Å². The van der Waals surface area contributed by atoms with Crippen molar-refractivity contribution in [2.24, 2.45) is 0 Å². The minimum Gasteiger partial charge on any atom is -0.339 e. The second kappa shape index (κ2) is 4.14. The van der Waals surface area contributed by atoms with Crippen LogP contribution in [0.3, 0.4) is 0 Å². The average molecular weight is 241 g/mol. The van der Waals surface area contributed by atoms with E-state index in [2.05, 4.69) is 34.3 Å². The summed E-state index contributed by atoms with van der Waals surface area (Å²) in [6.45, 7) is 2.08. The Labute approximate surface area is 103 Å². The second-order valence-corrected chi connectivity index (χ2v) is 4.70. The molecule has 3 nitrogen and oxygen atoms in total. The number of benzene rings is 1. The number of aromatic nitrogens is 2. The van der Waals surface area contributed by atoms with Crippen molar-refractivity contribution in [3.63, 3.8) is 0 Å². The van der Waals surface area contributed by atoms with Crippen molar-refractivity contribution in [1.29, 1.82) is 0 Å². The minimum atomic E-state index is 0.866. The Balaban J connectivity index is 2.06. The van der Waals surface area contributed by atoms with Crippen LogP contribution in [0.2, 0.25) is 0 Å². The Kier molecular flexibility index (Phi) is 2.49. The molecule has 3 rings (SSSR count). The van der Waals surface area contributed by atoms with Crippen molar-refractivity contribution in [3.05, 3.63) is 47.6 Å². The van der Waals surface area contributed by atoms with Gasteiger partial charge in [-0.2, -0.15) is 0 Å². The number of nitrogens with one attached hydrogen (secondary N) is 1. The Morgan fingerprint density at radius 1 is 1.12 bits per heavy atom. The van der Waals surface area contributed by atoms with Gasteiger partial charge in [-0.05, 0) is 30.0 Å². The first-order valence-corrected chi connectivity index (χ1v) is 6.23. The van der Waals surface area contributed by atoms with E-state index in [9.17, 15) is 0 Å². The third kappa shape index (κ3) is 1.87. The number of fused-ring (bicyclic) bond motifs is 1. The maximum Gasteiger partial charge on any atom is 0.142 e. The molecule has 0 atom stereocenters. The standard InChI is InChI=1S/C13H11N3S/c1-9-4-2-3-5-11(9)16-12-10-6-7-17-13(10)15-8-14-12/h2-8H,1H3,(H,14,15,16). The zero-order valence-corrected chi connectivity index (χ0v) is 10.2. The number of rotatable bonds is 2. The molecule has 84 valence electrons. The third-order valence-electron chi connectivity index (χ3n) is 2.66. The summed E-state index contributed by atoms with van der Waals surface area (Å²) in [5.74, 6) is 0.866. The summed E-state index contributed by atoms with van der Waals surface area (Å²) >= 11 is 1.63. The zero-order chi connectivity index (χ0) is 11.7. The van der Waals surface area contributed by atoms with Gasteiger partial charge in [0.15, 0.2) is 0 Å². The van der Waals surface area contributed by atoms with E-state index >= 15 is 0 Å². The van der Waals surface area contributed by atoms with E-state index in [0.29, 0.717) is 0 Å². The third-order valence-corrected chi connectivity index (χ3v) is 3.48. The highest BCUT2D eigenvalue weighted by atomic mass is 32.1. The molecule has 0 bridgehead atoms. The van der Waals surface area contributed by atoms with Gasteiger partial charge in [0.25, 0.3) is 0 Å². The molecule has 1 aromatic carbocycles. The normalized spacial score (nSPS) is 10.6. The molecule has 0 saturated heterocycles. The number of hydrogen-bond donors (Lipinski definition) is 1. The van der Waals surface area contributed by atoms with Crippen LogP contribution in [0.4, 0.5) is 11.5 Å². The molecule has 0 aliphatic carbocycles.